The normalized spacial score (nSPS) is 20.9. The minimum absolute atomic E-state index is 0.619. The van der Waals surface area contributed by atoms with Crippen molar-refractivity contribution in [2.75, 3.05) is 12.0 Å². The molecule has 2 N–H and O–H groups in total. The first-order chi connectivity index (χ1) is 7.27. The summed E-state index contributed by atoms with van der Waals surface area (Å²) in [6.45, 7) is 5.35. The standard InChI is InChI=1S/C12H16N2O/c1-9-10(2)15-7-11-5-3-4-6-12(11)14-8-13-9/h3-6,13-14H,7-8H2,1-2H3/b10-9-. The summed E-state index contributed by atoms with van der Waals surface area (Å²) >= 11 is 0. The Morgan fingerprint density at radius 1 is 1.13 bits per heavy atom. The van der Waals surface area contributed by atoms with Crippen molar-refractivity contribution in [2.24, 2.45) is 0 Å². The van der Waals surface area contributed by atoms with Crippen LogP contribution in [0.3, 0.4) is 0 Å². The van der Waals surface area contributed by atoms with E-state index in [9.17, 15) is 0 Å². The van der Waals surface area contributed by atoms with Crippen LogP contribution in [0.4, 0.5) is 5.69 Å². The van der Waals surface area contributed by atoms with Gasteiger partial charge in [0.25, 0.3) is 0 Å². The highest BCUT2D eigenvalue weighted by Gasteiger charge is 2.06. The second-order valence-corrected chi connectivity index (χ2v) is 3.66. The number of rotatable bonds is 0. The molecular formula is C12H16N2O. The number of hydrogen-bond donors (Lipinski definition) is 2. The van der Waals surface area contributed by atoms with Crippen molar-refractivity contribution >= 4 is 5.69 Å². The largest absolute Gasteiger partial charge is 0.492 e. The third-order valence-electron chi connectivity index (χ3n) is 2.62. The van der Waals surface area contributed by atoms with Gasteiger partial charge in [-0.25, -0.2) is 0 Å². The van der Waals surface area contributed by atoms with E-state index in [-0.39, 0.29) is 0 Å². The highest BCUT2D eigenvalue weighted by atomic mass is 16.5. The summed E-state index contributed by atoms with van der Waals surface area (Å²) in [5.74, 6) is 0.952. The van der Waals surface area contributed by atoms with Crippen LogP contribution >= 0.6 is 0 Å². The zero-order chi connectivity index (χ0) is 10.7. The lowest BCUT2D eigenvalue weighted by Crippen LogP contribution is -2.20. The predicted molar refractivity (Wildman–Crippen MR) is 61.2 cm³/mol. The van der Waals surface area contributed by atoms with Crippen molar-refractivity contribution in [3.05, 3.63) is 41.3 Å². The van der Waals surface area contributed by atoms with Gasteiger partial charge in [0.1, 0.15) is 12.4 Å². The molecule has 0 amide bonds. The van der Waals surface area contributed by atoms with Gasteiger partial charge in [0.15, 0.2) is 0 Å². The van der Waals surface area contributed by atoms with Crippen LogP contribution in [-0.2, 0) is 11.3 Å². The number of allylic oxidation sites excluding steroid dienone is 2. The van der Waals surface area contributed by atoms with Crippen LogP contribution in [-0.4, -0.2) is 6.67 Å². The molecule has 0 bridgehead atoms. The molecule has 3 heteroatoms. The maximum Gasteiger partial charge on any atom is 0.115 e. The fourth-order valence-corrected chi connectivity index (χ4v) is 1.51. The molecule has 0 fully saturated rings. The number of nitrogens with one attached hydrogen (secondary N) is 2. The Hall–Kier alpha value is -1.64. The van der Waals surface area contributed by atoms with Crippen LogP contribution in [0.5, 0.6) is 0 Å². The summed E-state index contributed by atoms with van der Waals surface area (Å²) in [5.41, 5.74) is 3.40. The number of para-hydroxylation sites is 1. The number of hydrogen-bond acceptors (Lipinski definition) is 3. The Morgan fingerprint density at radius 2 is 1.93 bits per heavy atom. The molecule has 0 aromatic heterocycles. The lowest BCUT2D eigenvalue weighted by Gasteiger charge is -2.09. The first-order valence-corrected chi connectivity index (χ1v) is 5.13. The maximum absolute atomic E-state index is 5.68. The van der Waals surface area contributed by atoms with Crippen molar-refractivity contribution in [2.45, 2.75) is 20.5 Å². The monoisotopic (exact) mass is 204 g/mol. The van der Waals surface area contributed by atoms with Gasteiger partial charge in [-0.3, -0.25) is 0 Å². The summed E-state index contributed by atoms with van der Waals surface area (Å²) < 4.78 is 5.68. The predicted octanol–water partition coefficient (Wildman–Crippen LogP) is 2.43. The fraction of sp³-hybridized carbons (Fsp3) is 0.333. The molecule has 0 spiro atoms. The molecular weight excluding hydrogens is 188 g/mol. The molecule has 15 heavy (non-hydrogen) atoms. The molecule has 0 saturated heterocycles. The van der Waals surface area contributed by atoms with Gasteiger partial charge in [0.05, 0.1) is 6.67 Å². The van der Waals surface area contributed by atoms with Crippen molar-refractivity contribution in [1.29, 1.82) is 0 Å². The smallest absolute Gasteiger partial charge is 0.115 e. The van der Waals surface area contributed by atoms with E-state index in [0.717, 1.165) is 23.8 Å². The van der Waals surface area contributed by atoms with Gasteiger partial charge in [-0.2, -0.15) is 0 Å². The van der Waals surface area contributed by atoms with Gasteiger partial charge in [0, 0.05) is 16.9 Å². The fourth-order valence-electron chi connectivity index (χ4n) is 1.51. The Balaban J connectivity index is 2.24. The van der Waals surface area contributed by atoms with Gasteiger partial charge in [-0.05, 0) is 19.9 Å². The number of fused-ring (bicyclic) bond motifs is 1. The Kier molecular flexibility index (Phi) is 2.81. The molecule has 1 aliphatic heterocycles. The molecule has 1 aliphatic rings. The van der Waals surface area contributed by atoms with E-state index in [2.05, 4.69) is 22.8 Å². The second-order valence-electron chi connectivity index (χ2n) is 3.66. The van der Waals surface area contributed by atoms with Gasteiger partial charge in [-0.15, -0.1) is 0 Å². The zero-order valence-electron chi connectivity index (χ0n) is 9.13. The van der Waals surface area contributed by atoms with Crippen LogP contribution in [0.15, 0.2) is 35.7 Å². The Bertz CT molecular complexity index is 385. The first kappa shape index (κ1) is 9.90. The molecule has 0 radical (unpaired) electrons. The first-order valence-electron chi connectivity index (χ1n) is 5.13. The zero-order valence-corrected chi connectivity index (χ0v) is 9.13. The van der Waals surface area contributed by atoms with Crippen molar-refractivity contribution < 1.29 is 4.74 Å². The quantitative estimate of drug-likeness (QED) is 0.681. The number of benzene rings is 1. The van der Waals surface area contributed by atoms with Crippen LogP contribution in [0.25, 0.3) is 0 Å². The minimum Gasteiger partial charge on any atom is -0.492 e. The second kappa shape index (κ2) is 4.26. The Morgan fingerprint density at radius 3 is 2.80 bits per heavy atom. The maximum atomic E-state index is 5.68. The average Bonchev–Trinajstić information content (AvgIpc) is 2.32. The molecule has 0 saturated carbocycles. The summed E-state index contributed by atoms with van der Waals surface area (Å²) in [5, 5.41) is 6.59. The molecule has 0 aliphatic carbocycles. The van der Waals surface area contributed by atoms with Gasteiger partial charge in [0.2, 0.25) is 0 Å². The highest BCUT2D eigenvalue weighted by Crippen LogP contribution is 2.18. The molecule has 80 valence electrons. The number of anilines is 1. The van der Waals surface area contributed by atoms with E-state index in [1.807, 2.05) is 26.0 Å². The highest BCUT2D eigenvalue weighted by molar-refractivity contribution is 5.50. The van der Waals surface area contributed by atoms with Crippen molar-refractivity contribution in [3.63, 3.8) is 0 Å². The van der Waals surface area contributed by atoms with Gasteiger partial charge >= 0.3 is 0 Å². The van der Waals surface area contributed by atoms with Gasteiger partial charge in [-0.1, -0.05) is 18.2 Å². The molecule has 1 aromatic rings. The van der Waals surface area contributed by atoms with E-state index >= 15 is 0 Å². The van der Waals surface area contributed by atoms with E-state index in [4.69, 9.17) is 4.74 Å². The van der Waals surface area contributed by atoms with Crippen molar-refractivity contribution in [1.82, 2.24) is 5.32 Å². The number of ether oxygens (including phenoxy) is 1. The summed E-state index contributed by atoms with van der Waals surface area (Å²) in [6, 6.07) is 8.20. The Labute approximate surface area is 90.1 Å². The third kappa shape index (κ3) is 2.24. The lowest BCUT2D eigenvalue weighted by atomic mass is 10.2. The molecule has 2 rings (SSSR count). The minimum atomic E-state index is 0.619. The molecule has 0 atom stereocenters. The average molecular weight is 204 g/mol. The molecule has 3 nitrogen and oxygen atoms in total. The molecule has 1 heterocycles. The summed E-state index contributed by atoms with van der Waals surface area (Å²) in [7, 11) is 0. The topological polar surface area (TPSA) is 33.3 Å². The molecule has 1 aromatic carbocycles. The lowest BCUT2D eigenvalue weighted by molar-refractivity contribution is 0.196. The third-order valence-corrected chi connectivity index (χ3v) is 2.62. The molecule has 0 unspecified atom stereocenters. The van der Waals surface area contributed by atoms with Crippen molar-refractivity contribution in [3.8, 4) is 0 Å². The van der Waals surface area contributed by atoms with Crippen LogP contribution in [0, 0.1) is 0 Å². The van der Waals surface area contributed by atoms with E-state index < -0.39 is 0 Å². The van der Waals surface area contributed by atoms with Crippen LogP contribution < -0.4 is 10.6 Å². The van der Waals surface area contributed by atoms with Gasteiger partial charge < -0.3 is 15.4 Å². The van der Waals surface area contributed by atoms with E-state index in [0.29, 0.717) is 6.61 Å². The van der Waals surface area contributed by atoms with Crippen LogP contribution in [0.1, 0.15) is 19.4 Å². The van der Waals surface area contributed by atoms with Crippen LogP contribution in [0.2, 0.25) is 0 Å². The SMILES string of the molecule is C/C1=C(\C)OCc2ccccc2NCN1. The van der Waals surface area contributed by atoms with E-state index in [1.54, 1.807) is 0 Å². The summed E-state index contributed by atoms with van der Waals surface area (Å²) in [6.07, 6.45) is 0. The summed E-state index contributed by atoms with van der Waals surface area (Å²) in [4.78, 5) is 0. The van der Waals surface area contributed by atoms with E-state index in [1.165, 1.54) is 5.56 Å².